The van der Waals surface area contributed by atoms with Crippen LogP contribution in [0.3, 0.4) is 0 Å². The molecule has 0 radical (unpaired) electrons. The topological polar surface area (TPSA) is 46.5 Å². The summed E-state index contributed by atoms with van der Waals surface area (Å²) >= 11 is 0. The molecule has 17 heavy (non-hydrogen) atoms. The zero-order valence-corrected chi connectivity index (χ0v) is 9.38. The number of hydrogen-bond acceptors (Lipinski definition) is 2. The summed E-state index contributed by atoms with van der Waals surface area (Å²) in [6, 6.07) is 14.3. The standard InChI is InChI=1S/C14H12O3/c1-17-11-6-4-5-10(9-11)12-7-2-3-8-13(12)14(15)16/h2-9H,1H3,(H,15,16). The molecule has 0 aliphatic heterocycles. The van der Waals surface area contributed by atoms with Crippen molar-refractivity contribution in [3.8, 4) is 16.9 Å². The number of aromatic carboxylic acids is 1. The second kappa shape index (κ2) is 4.70. The van der Waals surface area contributed by atoms with Gasteiger partial charge in [0.2, 0.25) is 0 Å². The van der Waals surface area contributed by atoms with Crippen LogP contribution in [0.5, 0.6) is 5.75 Å². The van der Waals surface area contributed by atoms with Crippen molar-refractivity contribution < 1.29 is 14.6 Å². The van der Waals surface area contributed by atoms with E-state index in [1.165, 1.54) is 0 Å². The third-order valence-electron chi connectivity index (χ3n) is 2.54. The maximum absolute atomic E-state index is 11.1. The van der Waals surface area contributed by atoms with Gasteiger partial charge in [0.05, 0.1) is 12.7 Å². The quantitative estimate of drug-likeness (QED) is 0.878. The maximum atomic E-state index is 11.1. The van der Waals surface area contributed by atoms with Crippen molar-refractivity contribution in [3.05, 3.63) is 54.1 Å². The Labute approximate surface area is 99.3 Å². The summed E-state index contributed by atoms with van der Waals surface area (Å²) in [5.74, 6) is -0.217. The van der Waals surface area contributed by atoms with Crippen molar-refractivity contribution >= 4 is 5.97 Å². The molecule has 0 spiro atoms. The third-order valence-corrected chi connectivity index (χ3v) is 2.54. The molecule has 0 heterocycles. The Bertz CT molecular complexity index is 547. The number of carboxylic acids is 1. The van der Waals surface area contributed by atoms with Crippen LogP contribution in [0.25, 0.3) is 11.1 Å². The zero-order valence-electron chi connectivity index (χ0n) is 9.38. The van der Waals surface area contributed by atoms with Gasteiger partial charge in [-0.2, -0.15) is 0 Å². The molecule has 0 atom stereocenters. The second-order valence-corrected chi connectivity index (χ2v) is 3.58. The lowest BCUT2D eigenvalue weighted by Gasteiger charge is -2.07. The first kappa shape index (κ1) is 11.2. The normalized spacial score (nSPS) is 9.94. The fourth-order valence-corrected chi connectivity index (χ4v) is 1.71. The second-order valence-electron chi connectivity index (χ2n) is 3.58. The molecule has 0 aliphatic carbocycles. The van der Waals surface area contributed by atoms with Gasteiger partial charge in [-0.25, -0.2) is 4.79 Å². The number of methoxy groups -OCH3 is 1. The van der Waals surface area contributed by atoms with Crippen LogP contribution in [0.1, 0.15) is 10.4 Å². The van der Waals surface area contributed by atoms with Gasteiger partial charge >= 0.3 is 5.97 Å². The highest BCUT2D eigenvalue weighted by molar-refractivity contribution is 5.96. The Kier molecular flexibility index (Phi) is 3.10. The molecule has 0 saturated heterocycles. The van der Waals surface area contributed by atoms with E-state index in [2.05, 4.69) is 0 Å². The number of benzene rings is 2. The summed E-state index contributed by atoms with van der Waals surface area (Å²) in [6.45, 7) is 0. The monoisotopic (exact) mass is 228 g/mol. The van der Waals surface area contributed by atoms with Crippen LogP contribution in [-0.4, -0.2) is 18.2 Å². The lowest BCUT2D eigenvalue weighted by Crippen LogP contribution is -1.99. The fraction of sp³-hybridized carbons (Fsp3) is 0.0714. The first-order chi connectivity index (χ1) is 8.22. The van der Waals surface area contributed by atoms with Gasteiger partial charge in [-0.05, 0) is 29.3 Å². The Morgan fingerprint density at radius 3 is 2.59 bits per heavy atom. The largest absolute Gasteiger partial charge is 0.497 e. The van der Waals surface area contributed by atoms with Crippen molar-refractivity contribution in [2.45, 2.75) is 0 Å². The molecule has 0 saturated carbocycles. The summed E-state index contributed by atoms with van der Waals surface area (Å²) in [5.41, 5.74) is 1.82. The van der Waals surface area contributed by atoms with Gasteiger partial charge in [0.25, 0.3) is 0 Å². The van der Waals surface area contributed by atoms with Gasteiger partial charge in [-0.15, -0.1) is 0 Å². The first-order valence-electron chi connectivity index (χ1n) is 5.19. The lowest BCUT2D eigenvalue weighted by atomic mass is 10.00. The van der Waals surface area contributed by atoms with Gasteiger partial charge in [0.1, 0.15) is 5.75 Å². The fourth-order valence-electron chi connectivity index (χ4n) is 1.71. The molecule has 0 fully saturated rings. The molecule has 0 aliphatic rings. The van der Waals surface area contributed by atoms with E-state index < -0.39 is 5.97 Å². The molecule has 2 rings (SSSR count). The van der Waals surface area contributed by atoms with Crippen molar-refractivity contribution in [3.63, 3.8) is 0 Å². The molecule has 0 bridgehead atoms. The number of ether oxygens (including phenoxy) is 1. The number of carboxylic acid groups (broad SMARTS) is 1. The van der Waals surface area contributed by atoms with Crippen LogP contribution in [0, 0.1) is 0 Å². The molecule has 2 aromatic carbocycles. The molecular formula is C14H12O3. The highest BCUT2D eigenvalue weighted by atomic mass is 16.5. The molecule has 0 amide bonds. The van der Waals surface area contributed by atoms with Gasteiger partial charge in [-0.1, -0.05) is 30.3 Å². The summed E-state index contributed by atoms with van der Waals surface area (Å²) in [6.07, 6.45) is 0. The molecule has 86 valence electrons. The molecule has 0 aromatic heterocycles. The van der Waals surface area contributed by atoms with Crippen molar-refractivity contribution in [1.82, 2.24) is 0 Å². The van der Waals surface area contributed by atoms with Crippen LogP contribution in [0.4, 0.5) is 0 Å². The smallest absolute Gasteiger partial charge is 0.336 e. The molecular weight excluding hydrogens is 216 g/mol. The summed E-state index contributed by atoms with van der Waals surface area (Å²) in [4.78, 5) is 11.1. The van der Waals surface area contributed by atoms with E-state index in [1.54, 1.807) is 25.3 Å². The van der Waals surface area contributed by atoms with Gasteiger partial charge < -0.3 is 9.84 Å². The Balaban J connectivity index is 2.56. The summed E-state index contributed by atoms with van der Waals surface area (Å²) < 4.78 is 5.13. The van der Waals surface area contributed by atoms with E-state index in [9.17, 15) is 4.79 Å². The Morgan fingerprint density at radius 2 is 1.88 bits per heavy atom. The van der Waals surface area contributed by atoms with Crippen molar-refractivity contribution in [2.24, 2.45) is 0 Å². The minimum atomic E-state index is -0.927. The van der Waals surface area contributed by atoms with Crippen LogP contribution in [0.2, 0.25) is 0 Å². The van der Waals surface area contributed by atoms with Crippen LogP contribution >= 0.6 is 0 Å². The third kappa shape index (κ3) is 2.28. The van der Waals surface area contributed by atoms with Crippen LogP contribution in [-0.2, 0) is 0 Å². The highest BCUT2D eigenvalue weighted by Crippen LogP contribution is 2.26. The average Bonchev–Trinajstić information content (AvgIpc) is 2.39. The molecule has 2 aromatic rings. The van der Waals surface area contributed by atoms with E-state index >= 15 is 0 Å². The van der Waals surface area contributed by atoms with Gasteiger partial charge in [-0.3, -0.25) is 0 Å². The maximum Gasteiger partial charge on any atom is 0.336 e. The molecule has 3 nitrogen and oxygen atoms in total. The van der Waals surface area contributed by atoms with Crippen molar-refractivity contribution in [2.75, 3.05) is 7.11 Å². The van der Waals surface area contributed by atoms with Crippen LogP contribution in [0.15, 0.2) is 48.5 Å². The van der Waals surface area contributed by atoms with E-state index in [-0.39, 0.29) is 0 Å². The highest BCUT2D eigenvalue weighted by Gasteiger charge is 2.10. The Morgan fingerprint density at radius 1 is 1.12 bits per heavy atom. The predicted molar refractivity (Wildman–Crippen MR) is 65.4 cm³/mol. The number of rotatable bonds is 3. The minimum absolute atomic E-state index is 0.292. The van der Waals surface area contributed by atoms with Crippen LogP contribution < -0.4 is 4.74 Å². The number of hydrogen-bond donors (Lipinski definition) is 1. The minimum Gasteiger partial charge on any atom is -0.497 e. The van der Waals surface area contributed by atoms with E-state index in [4.69, 9.17) is 9.84 Å². The molecule has 1 N–H and O–H groups in total. The first-order valence-corrected chi connectivity index (χ1v) is 5.19. The lowest BCUT2D eigenvalue weighted by molar-refractivity contribution is 0.0697. The SMILES string of the molecule is COc1cccc(-c2ccccc2C(=O)O)c1. The summed E-state index contributed by atoms with van der Waals surface area (Å²) in [7, 11) is 1.59. The van der Waals surface area contributed by atoms with E-state index in [1.807, 2.05) is 30.3 Å². The summed E-state index contributed by atoms with van der Waals surface area (Å²) in [5, 5.41) is 9.12. The van der Waals surface area contributed by atoms with Gasteiger partial charge in [0, 0.05) is 0 Å². The number of carbonyl (C=O) groups is 1. The van der Waals surface area contributed by atoms with Crippen molar-refractivity contribution in [1.29, 1.82) is 0 Å². The van der Waals surface area contributed by atoms with Gasteiger partial charge in [0.15, 0.2) is 0 Å². The van der Waals surface area contributed by atoms with E-state index in [0.717, 1.165) is 5.56 Å². The zero-order chi connectivity index (χ0) is 12.3. The Hall–Kier alpha value is -2.29. The predicted octanol–water partition coefficient (Wildman–Crippen LogP) is 3.06. The molecule has 0 unspecified atom stereocenters. The van der Waals surface area contributed by atoms with E-state index in [0.29, 0.717) is 16.9 Å². The average molecular weight is 228 g/mol. The molecule has 3 heteroatoms.